The third kappa shape index (κ3) is 7.99. The zero-order valence-corrected chi connectivity index (χ0v) is 14.3. The van der Waals surface area contributed by atoms with Crippen LogP contribution in [0.15, 0.2) is 12.1 Å². The maximum Gasteiger partial charge on any atom is 0.407 e. The predicted octanol–water partition coefficient (Wildman–Crippen LogP) is 2.38. The summed E-state index contributed by atoms with van der Waals surface area (Å²) < 4.78 is 5.18. The summed E-state index contributed by atoms with van der Waals surface area (Å²) in [5, 5.41) is 14.7. The fourth-order valence-electron chi connectivity index (χ4n) is 1.73. The predicted molar refractivity (Wildman–Crippen MR) is 86.2 cm³/mol. The highest BCUT2D eigenvalue weighted by Crippen LogP contribution is 2.16. The number of hydrogen-bond donors (Lipinski definition) is 3. The summed E-state index contributed by atoms with van der Waals surface area (Å²) in [4.78, 5) is 24.1. The fourth-order valence-corrected chi connectivity index (χ4v) is 2.71. The van der Waals surface area contributed by atoms with E-state index >= 15 is 0 Å². The molecule has 1 rings (SSSR count). The first-order valence-electron chi connectivity index (χ1n) is 7.15. The van der Waals surface area contributed by atoms with Gasteiger partial charge in [-0.1, -0.05) is 0 Å². The molecule has 1 heterocycles. The lowest BCUT2D eigenvalue weighted by Gasteiger charge is -2.22. The van der Waals surface area contributed by atoms with Gasteiger partial charge in [-0.3, -0.25) is 4.79 Å². The lowest BCUT2D eigenvalue weighted by atomic mass is 10.2. The lowest BCUT2D eigenvalue weighted by Crippen LogP contribution is -2.42. The van der Waals surface area contributed by atoms with Gasteiger partial charge in [0.25, 0.3) is 0 Å². The van der Waals surface area contributed by atoms with Gasteiger partial charge in [-0.25, -0.2) is 4.79 Å². The minimum atomic E-state index is -0.823. The van der Waals surface area contributed by atoms with Crippen LogP contribution in [-0.2, 0) is 22.5 Å². The second-order valence-electron chi connectivity index (χ2n) is 6.12. The van der Waals surface area contributed by atoms with Crippen molar-refractivity contribution in [2.75, 3.05) is 6.54 Å². The van der Waals surface area contributed by atoms with Gasteiger partial charge in [-0.2, -0.15) is 0 Å². The van der Waals surface area contributed by atoms with Crippen molar-refractivity contribution < 1.29 is 19.4 Å². The zero-order valence-electron chi connectivity index (χ0n) is 13.4. The number of alkyl carbamates (subject to hydrolysis) is 1. The normalized spacial score (nSPS) is 12.7. The average molecular weight is 328 g/mol. The van der Waals surface area contributed by atoms with Crippen LogP contribution in [-0.4, -0.2) is 35.4 Å². The van der Waals surface area contributed by atoms with Crippen LogP contribution in [0.4, 0.5) is 4.79 Å². The average Bonchev–Trinajstić information content (AvgIpc) is 2.72. The smallest absolute Gasteiger partial charge is 0.407 e. The molecule has 6 nitrogen and oxygen atoms in total. The maximum absolute atomic E-state index is 11.6. The van der Waals surface area contributed by atoms with Crippen molar-refractivity contribution in [3.8, 4) is 0 Å². The third-order valence-electron chi connectivity index (χ3n) is 2.56. The van der Waals surface area contributed by atoms with E-state index in [1.807, 2.05) is 39.8 Å². The SMILES string of the molecule is CC(CNCc1ccc(CC(=O)O)s1)NC(=O)OC(C)(C)C. The fraction of sp³-hybridized carbons (Fsp3) is 0.600. The van der Waals surface area contributed by atoms with E-state index in [2.05, 4.69) is 10.6 Å². The topological polar surface area (TPSA) is 87.7 Å². The van der Waals surface area contributed by atoms with E-state index in [1.54, 1.807) is 0 Å². The van der Waals surface area contributed by atoms with Gasteiger partial charge in [0, 0.05) is 28.9 Å². The van der Waals surface area contributed by atoms with Crippen LogP contribution in [0, 0.1) is 0 Å². The Kier molecular flexibility index (Phi) is 6.83. The van der Waals surface area contributed by atoms with Crippen molar-refractivity contribution in [2.24, 2.45) is 0 Å². The van der Waals surface area contributed by atoms with Crippen molar-refractivity contribution in [3.05, 3.63) is 21.9 Å². The van der Waals surface area contributed by atoms with E-state index in [4.69, 9.17) is 9.84 Å². The second-order valence-corrected chi connectivity index (χ2v) is 7.37. The van der Waals surface area contributed by atoms with Crippen LogP contribution in [0.2, 0.25) is 0 Å². The molecule has 0 saturated heterocycles. The summed E-state index contributed by atoms with van der Waals surface area (Å²) in [6.07, 6.45) is -0.372. The maximum atomic E-state index is 11.6. The first kappa shape index (κ1) is 18.4. The third-order valence-corrected chi connectivity index (χ3v) is 3.64. The molecule has 1 unspecified atom stereocenters. The summed E-state index contributed by atoms with van der Waals surface area (Å²) >= 11 is 1.48. The van der Waals surface area contributed by atoms with Crippen molar-refractivity contribution in [1.29, 1.82) is 0 Å². The van der Waals surface area contributed by atoms with E-state index in [0.29, 0.717) is 13.1 Å². The molecule has 0 aliphatic heterocycles. The largest absolute Gasteiger partial charge is 0.481 e. The molecule has 22 heavy (non-hydrogen) atoms. The highest BCUT2D eigenvalue weighted by molar-refractivity contribution is 7.12. The van der Waals surface area contributed by atoms with Crippen LogP contribution in [0.3, 0.4) is 0 Å². The van der Waals surface area contributed by atoms with Gasteiger partial charge in [-0.05, 0) is 39.8 Å². The van der Waals surface area contributed by atoms with E-state index in [-0.39, 0.29) is 12.5 Å². The molecular weight excluding hydrogens is 304 g/mol. The Morgan fingerprint density at radius 3 is 2.55 bits per heavy atom. The molecule has 0 aliphatic rings. The van der Waals surface area contributed by atoms with Crippen LogP contribution >= 0.6 is 11.3 Å². The number of nitrogens with one attached hydrogen (secondary N) is 2. The molecule has 124 valence electrons. The van der Waals surface area contributed by atoms with Crippen LogP contribution in [0.1, 0.15) is 37.4 Å². The minimum absolute atomic E-state index is 0.0568. The molecule has 0 radical (unpaired) electrons. The van der Waals surface area contributed by atoms with Crippen LogP contribution in [0.5, 0.6) is 0 Å². The number of rotatable bonds is 7. The van der Waals surface area contributed by atoms with E-state index < -0.39 is 17.7 Å². The van der Waals surface area contributed by atoms with Crippen molar-refractivity contribution in [1.82, 2.24) is 10.6 Å². The second kappa shape index (κ2) is 8.14. The Morgan fingerprint density at radius 1 is 1.32 bits per heavy atom. The number of amides is 1. The van der Waals surface area contributed by atoms with Crippen molar-refractivity contribution in [3.63, 3.8) is 0 Å². The number of carboxylic acids is 1. The van der Waals surface area contributed by atoms with Gasteiger partial charge < -0.3 is 20.5 Å². The molecule has 1 aromatic rings. The van der Waals surface area contributed by atoms with E-state index in [9.17, 15) is 9.59 Å². The monoisotopic (exact) mass is 328 g/mol. The number of hydrogen-bond acceptors (Lipinski definition) is 5. The van der Waals surface area contributed by atoms with Gasteiger partial charge >= 0.3 is 12.1 Å². The highest BCUT2D eigenvalue weighted by Gasteiger charge is 2.17. The summed E-state index contributed by atoms with van der Waals surface area (Å²) in [7, 11) is 0. The standard InChI is InChI=1S/C15H24N2O4S/c1-10(17-14(20)21-15(2,3)4)8-16-9-12-6-5-11(22-12)7-13(18)19/h5-6,10,16H,7-9H2,1-4H3,(H,17,20)(H,18,19). The summed E-state index contributed by atoms with van der Waals surface area (Å²) in [6, 6.07) is 3.69. The number of carboxylic acid groups (broad SMARTS) is 1. The van der Waals surface area contributed by atoms with Crippen LogP contribution in [0.25, 0.3) is 0 Å². The van der Waals surface area contributed by atoms with E-state index in [0.717, 1.165) is 9.75 Å². The zero-order chi connectivity index (χ0) is 16.8. The number of aliphatic carboxylic acids is 1. The first-order valence-corrected chi connectivity index (χ1v) is 7.97. The molecule has 0 saturated carbocycles. The molecule has 1 atom stereocenters. The lowest BCUT2D eigenvalue weighted by molar-refractivity contribution is -0.136. The summed E-state index contributed by atoms with van der Waals surface area (Å²) in [6.45, 7) is 8.60. The number of thiophene rings is 1. The van der Waals surface area contributed by atoms with Gasteiger partial charge in [-0.15, -0.1) is 11.3 Å². The van der Waals surface area contributed by atoms with Gasteiger partial charge in [0.2, 0.25) is 0 Å². The van der Waals surface area contributed by atoms with Crippen molar-refractivity contribution in [2.45, 2.75) is 52.3 Å². The molecule has 0 aromatic carbocycles. The van der Waals surface area contributed by atoms with Crippen LogP contribution < -0.4 is 10.6 Å². The molecule has 0 spiro atoms. The Bertz CT molecular complexity index is 508. The molecule has 0 bridgehead atoms. The molecule has 1 aromatic heterocycles. The Hall–Kier alpha value is -1.60. The van der Waals surface area contributed by atoms with Gasteiger partial charge in [0.05, 0.1) is 6.42 Å². The number of ether oxygens (including phenoxy) is 1. The molecule has 7 heteroatoms. The molecule has 1 amide bonds. The summed E-state index contributed by atoms with van der Waals surface area (Å²) in [5.74, 6) is -0.823. The number of carbonyl (C=O) groups is 2. The Morgan fingerprint density at radius 2 is 1.95 bits per heavy atom. The Balaban J connectivity index is 2.27. The molecule has 0 aliphatic carbocycles. The van der Waals surface area contributed by atoms with Gasteiger partial charge in [0.15, 0.2) is 0 Å². The molecular formula is C15H24N2O4S. The minimum Gasteiger partial charge on any atom is -0.481 e. The Labute approximate surface area is 134 Å². The molecule has 0 fully saturated rings. The van der Waals surface area contributed by atoms with Crippen molar-refractivity contribution >= 4 is 23.4 Å². The molecule has 3 N–H and O–H groups in total. The number of carbonyl (C=O) groups excluding carboxylic acids is 1. The first-order chi connectivity index (χ1) is 10.2. The highest BCUT2D eigenvalue weighted by atomic mass is 32.1. The summed E-state index contributed by atoms with van der Waals surface area (Å²) in [5.41, 5.74) is -0.505. The quantitative estimate of drug-likeness (QED) is 0.715. The van der Waals surface area contributed by atoms with Gasteiger partial charge in [0.1, 0.15) is 5.60 Å². The van der Waals surface area contributed by atoms with E-state index in [1.165, 1.54) is 11.3 Å².